The molecule has 0 aromatic carbocycles. The van der Waals surface area contributed by atoms with E-state index in [-0.39, 0.29) is 23.5 Å². The van der Waals surface area contributed by atoms with Crippen molar-refractivity contribution in [3.63, 3.8) is 0 Å². The molecule has 4 atom stereocenters. The average Bonchev–Trinajstić information content (AvgIpc) is 2.53. The Morgan fingerprint density at radius 1 is 1.00 bits per heavy atom. The van der Waals surface area contributed by atoms with Crippen LogP contribution in [0.15, 0.2) is 21.7 Å². The van der Waals surface area contributed by atoms with Gasteiger partial charge in [-0.1, -0.05) is 18.6 Å². The maximum Gasteiger partial charge on any atom is 0.347 e. The molecule has 0 amide bonds. The van der Waals surface area contributed by atoms with Crippen LogP contribution in [0.3, 0.4) is 0 Å². The third-order valence-corrected chi connectivity index (χ3v) is 4.99. The molecule has 1 aromatic rings. The fraction of sp³-hybridized carbons (Fsp3) is 0.692. The molecule has 4 aliphatic rings. The van der Waals surface area contributed by atoms with Crippen LogP contribution in [0.5, 0.6) is 0 Å². The van der Waals surface area contributed by atoms with Crippen LogP contribution in [0.25, 0.3) is 0 Å². The highest BCUT2D eigenvalue weighted by Gasteiger charge is 2.42. The first-order chi connectivity index (χ1) is 8.68. The molecule has 0 N–H and O–H groups in total. The Kier molecular flexibility index (Phi) is 1.89. The molecule has 1 fully saturated rings. The van der Waals surface area contributed by atoms with Gasteiger partial charge in [0.05, 0.1) is 12.1 Å². The predicted molar refractivity (Wildman–Crippen MR) is 66.6 cm³/mol. The van der Waals surface area contributed by atoms with Crippen LogP contribution in [0.1, 0.15) is 37.8 Å². The van der Waals surface area contributed by atoms with Gasteiger partial charge in [-0.25, -0.2) is 23.5 Å². The predicted octanol–water partition coefficient (Wildman–Crippen LogP) is 0.820. The smallest absolute Gasteiger partial charge is 0.246 e. The Morgan fingerprint density at radius 3 is 2.00 bits per heavy atom. The van der Waals surface area contributed by atoms with Crippen LogP contribution < -0.4 is 11.4 Å². The molecule has 1 aromatic heterocycles. The number of hydrogen-bond acceptors (Lipinski definition) is 2. The van der Waals surface area contributed by atoms with E-state index in [1.807, 2.05) is 0 Å². The first-order valence-corrected chi connectivity index (χ1v) is 6.77. The number of hydrogen-bond donors (Lipinski definition) is 0. The fourth-order valence-electron chi connectivity index (χ4n) is 4.11. The highest BCUT2D eigenvalue weighted by molar-refractivity contribution is 5.12. The van der Waals surface area contributed by atoms with E-state index >= 15 is 0 Å². The number of rotatable bonds is 0. The maximum atomic E-state index is 12.2. The van der Waals surface area contributed by atoms with Gasteiger partial charge < -0.3 is 0 Å². The molecule has 0 saturated heterocycles. The molecule has 2 aliphatic heterocycles. The van der Waals surface area contributed by atoms with Crippen LogP contribution in [0.4, 0.5) is 0 Å². The van der Waals surface area contributed by atoms with E-state index in [4.69, 9.17) is 0 Å². The summed E-state index contributed by atoms with van der Waals surface area (Å²) in [6, 6.07) is 0.181. The molecule has 0 unspecified atom stereocenters. The summed E-state index contributed by atoms with van der Waals surface area (Å²) in [6.45, 7) is 0. The van der Waals surface area contributed by atoms with E-state index in [0.717, 1.165) is 6.42 Å². The van der Waals surface area contributed by atoms with Crippen LogP contribution in [-0.4, -0.2) is 13.9 Å². The first kappa shape index (κ1) is 10.4. The van der Waals surface area contributed by atoms with Crippen molar-refractivity contribution in [1.29, 1.82) is 0 Å². The van der Waals surface area contributed by atoms with Crippen molar-refractivity contribution >= 4 is 0 Å². The van der Waals surface area contributed by atoms with E-state index in [1.165, 1.54) is 23.8 Å². The zero-order chi connectivity index (χ0) is 12.4. The third kappa shape index (κ3) is 1.07. The van der Waals surface area contributed by atoms with Gasteiger partial charge in [-0.05, 0) is 31.1 Å². The van der Waals surface area contributed by atoms with Gasteiger partial charge in [-0.3, -0.25) is 0 Å². The Bertz CT molecular complexity index is 597. The van der Waals surface area contributed by atoms with Crippen molar-refractivity contribution in [2.45, 2.75) is 37.8 Å². The van der Waals surface area contributed by atoms with Gasteiger partial charge in [0.15, 0.2) is 0 Å². The topological polar surface area (TPSA) is 48.9 Å². The lowest BCUT2D eigenvalue weighted by atomic mass is 9.78. The zero-order valence-corrected chi connectivity index (χ0v) is 10.5. The Labute approximate surface area is 104 Å². The van der Waals surface area contributed by atoms with Crippen molar-refractivity contribution < 1.29 is 0 Å². The summed E-state index contributed by atoms with van der Waals surface area (Å²) in [6.07, 6.45) is 9.04. The SMILES string of the molecule is Cn1c(=O)n2n(c1=O)[C@H]1C=C[C@H]2[C@H]2CCC[C@H]1C2. The lowest BCUT2D eigenvalue weighted by Gasteiger charge is -2.28. The Balaban J connectivity index is 2.05. The minimum Gasteiger partial charge on any atom is -0.246 e. The highest BCUT2D eigenvalue weighted by atomic mass is 16.2. The number of allylic oxidation sites excluding steroid dienone is 2. The summed E-state index contributed by atoms with van der Waals surface area (Å²) in [7, 11) is 1.58. The number of nitrogens with zero attached hydrogens (tertiary/aromatic N) is 3. The molecule has 0 spiro atoms. The monoisotopic (exact) mass is 247 g/mol. The van der Waals surface area contributed by atoms with Crippen LogP contribution >= 0.6 is 0 Å². The molecular formula is C13H17N3O2. The van der Waals surface area contributed by atoms with E-state index < -0.39 is 0 Å². The summed E-state index contributed by atoms with van der Waals surface area (Å²) in [4.78, 5) is 24.5. The molecule has 18 heavy (non-hydrogen) atoms. The van der Waals surface area contributed by atoms with Crippen molar-refractivity contribution in [3.8, 4) is 0 Å². The highest BCUT2D eigenvalue weighted by Crippen LogP contribution is 2.46. The summed E-state index contributed by atoms with van der Waals surface area (Å²) >= 11 is 0. The van der Waals surface area contributed by atoms with E-state index in [9.17, 15) is 9.59 Å². The first-order valence-electron chi connectivity index (χ1n) is 6.77. The molecule has 5 nitrogen and oxygen atoms in total. The molecular weight excluding hydrogens is 230 g/mol. The molecule has 2 aliphatic carbocycles. The van der Waals surface area contributed by atoms with Crippen molar-refractivity contribution in [1.82, 2.24) is 13.9 Å². The molecule has 4 bridgehead atoms. The van der Waals surface area contributed by atoms with Gasteiger partial charge in [0.25, 0.3) is 0 Å². The summed E-state index contributed by atoms with van der Waals surface area (Å²) in [5.74, 6) is 1.05. The minimum atomic E-state index is -0.160. The molecule has 5 rings (SSSR count). The van der Waals surface area contributed by atoms with Gasteiger partial charge in [-0.2, -0.15) is 0 Å². The summed E-state index contributed by atoms with van der Waals surface area (Å²) < 4.78 is 4.67. The standard InChI is InChI=1S/C13H17N3O2/c1-14-12(17)15-10-5-6-11(16(15)13(14)18)9-4-2-3-8(10)7-9/h5-6,8-11H,2-4,7H2,1H3/t8-,9-,10-,11-/m0/s1. The normalized spacial score (nSPS) is 36.5. The van der Waals surface area contributed by atoms with Gasteiger partial charge >= 0.3 is 11.4 Å². The molecule has 0 radical (unpaired) electrons. The lowest BCUT2D eigenvalue weighted by molar-refractivity contribution is 0.237. The zero-order valence-electron chi connectivity index (χ0n) is 10.5. The van der Waals surface area contributed by atoms with Crippen LogP contribution in [0.2, 0.25) is 0 Å². The van der Waals surface area contributed by atoms with E-state index in [2.05, 4.69) is 12.2 Å². The van der Waals surface area contributed by atoms with Crippen molar-refractivity contribution in [3.05, 3.63) is 33.1 Å². The Morgan fingerprint density at radius 2 is 1.50 bits per heavy atom. The second kappa shape index (κ2) is 3.28. The third-order valence-electron chi connectivity index (χ3n) is 4.99. The molecule has 1 saturated carbocycles. The molecule has 3 heterocycles. The summed E-state index contributed by atoms with van der Waals surface area (Å²) in [5.41, 5.74) is -0.321. The lowest BCUT2D eigenvalue weighted by Crippen LogP contribution is -2.35. The molecule has 96 valence electrons. The molecule has 5 heteroatoms. The summed E-state index contributed by atoms with van der Waals surface area (Å²) in [5, 5.41) is 0. The van der Waals surface area contributed by atoms with Gasteiger partial charge in [0.2, 0.25) is 0 Å². The second-order valence-corrected chi connectivity index (χ2v) is 5.87. The van der Waals surface area contributed by atoms with Crippen LogP contribution in [0, 0.1) is 11.8 Å². The average molecular weight is 247 g/mol. The maximum absolute atomic E-state index is 12.2. The quantitative estimate of drug-likeness (QED) is 0.637. The largest absolute Gasteiger partial charge is 0.347 e. The van der Waals surface area contributed by atoms with Gasteiger partial charge in [0.1, 0.15) is 0 Å². The second-order valence-electron chi connectivity index (χ2n) is 5.87. The van der Waals surface area contributed by atoms with Gasteiger partial charge in [0, 0.05) is 7.05 Å². The Hall–Kier alpha value is -1.52. The minimum absolute atomic E-state index is 0.0907. The number of aromatic nitrogens is 3. The van der Waals surface area contributed by atoms with E-state index in [0.29, 0.717) is 11.8 Å². The van der Waals surface area contributed by atoms with Crippen molar-refractivity contribution in [2.75, 3.05) is 0 Å². The fourth-order valence-corrected chi connectivity index (χ4v) is 4.11. The van der Waals surface area contributed by atoms with Crippen molar-refractivity contribution in [2.24, 2.45) is 18.9 Å². The van der Waals surface area contributed by atoms with E-state index in [1.54, 1.807) is 16.4 Å². The van der Waals surface area contributed by atoms with Gasteiger partial charge in [-0.15, -0.1) is 0 Å². The van der Waals surface area contributed by atoms with Crippen LogP contribution in [-0.2, 0) is 7.05 Å².